The van der Waals surface area contributed by atoms with Crippen LogP contribution in [0.4, 0.5) is 0 Å². The van der Waals surface area contributed by atoms with Gasteiger partial charge < -0.3 is 9.80 Å². The van der Waals surface area contributed by atoms with Crippen LogP contribution in [-0.2, 0) is 22.7 Å². The van der Waals surface area contributed by atoms with Gasteiger partial charge in [0.2, 0.25) is 11.8 Å². The number of thiophene rings is 1. The topological polar surface area (TPSA) is 84.6 Å². The molecule has 1 aliphatic carbocycles. The minimum atomic E-state index is -0.414. The fourth-order valence-corrected chi connectivity index (χ4v) is 6.32. The van der Waals surface area contributed by atoms with Gasteiger partial charge in [-0.25, -0.2) is 4.79 Å². The number of likely N-dealkylation sites (tertiary alicyclic amines) is 1. The summed E-state index contributed by atoms with van der Waals surface area (Å²) in [6.45, 7) is 7.02. The number of fused-ring (bicyclic) bond motifs is 1. The molecular weight excluding hydrogens is 452 g/mol. The molecule has 2 fully saturated rings. The fourth-order valence-electron chi connectivity index (χ4n) is 5.48. The lowest BCUT2D eigenvalue weighted by Crippen LogP contribution is -2.45. The van der Waals surface area contributed by atoms with Gasteiger partial charge in [0.05, 0.1) is 5.52 Å². The molecule has 8 nitrogen and oxygen atoms in total. The van der Waals surface area contributed by atoms with E-state index in [0.29, 0.717) is 29.9 Å². The van der Waals surface area contributed by atoms with E-state index in [-0.39, 0.29) is 35.8 Å². The van der Waals surface area contributed by atoms with E-state index in [4.69, 9.17) is 0 Å². The molecule has 0 radical (unpaired) electrons. The van der Waals surface area contributed by atoms with Crippen molar-refractivity contribution in [2.24, 2.45) is 11.8 Å². The average Bonchev–Trinajstić information content (AvgIpc) is 3.36. The normalized spacial score (nSPS) is 21.1. The SMILES string of the molecule is CCN(CC)C(=O)Cn1c(=O)n(CC2CCC(C(=O)N3CCCCC3)CC2)c(=O)c2sccc21. The Morgan fingerprint density at radius 1 is 1.00 bits per heavy atom. The van der Waals surface area contributed by atoms with Crippen molar-refractivity contribution in [3.63, 3.8) is 0 Å². The maximum absolute atomic E-state index is 13.4. The molecule has 34 heavy (non-hydrogen) atoms. The summed E-state index contributed by atoms with van der Waals surface area (Å²) in [5.74, 6) is 0.406. The lowest BCUT2D eigenvalue weighted by molar-refractivity contribution is -0.137. The second-order valence-electron chi connectivity index (χ2n) is 9.59. The molecule has 2 amide bonds. The number of hydrogen-bond donors (Lipinski definition) is 0. The molecule has 0 bridgehead atoms. The first-order valence-electron chi connectivity index (χ1n) is 12.7. The Kier molecular flexibility index (Phi) is 7.91. The van der Waals surface area contributed by atoms with E-state index in [1.165, 1.54) is 26.9 Å². The molecule has 0 atom stereocenters. The zero-order chi connectivity index (χ0) is 24.2. The van der Waals surface area contributed by atoms with Crippen molar-refractivity contribution in [1.82, 2.24) is 18.9 Å². The lowest BCUT2D eigenvalue weighted by atomic mass is 9.81. The van der Waals surface area contributed by atoms with Crippen LogP contribution in [0.15, 0.2) is 21.0 Å². The van der Waals surface area contributed by atoms with Crippen LogP contribution in [0.5, 0.6) is 0 Å². The number of piperidine rings is 1. The third kappa shape index (κ3) is 4.99. The van der Waals surface area contributed by atoms with Gasteiger partial charge in [0.25, 0.3) is 5.56 Å². The van der Waals surface area contributed by atoms with Crippen LogP contribution in [0.2, 0.25) is 0 Å². The highest BCUT2D eigenvalue weighted by atomic mass is 32.1. The first-order valence-corrected chi connectivity index (χ1v) is 13.6. The minimum Gasteiger partial charge on any atom is -0.342 e. The zero-order valence-electron chi connectivity index (χ0n) is 20.3. The van der Waals surface area contributed by atoms with E-state index in [0.717, 1.165) is 51.6 Å². The van der Waals surface area contributed by atoms with Gasteiger partial charge in [-0.15, -0.1) is 11.3 Å². The number of nitrogens with zero attached hydrogens (tertiary/aromatic N) is 4. The number of amides is 2. The van der Waals surface area contributed by atoms with Gasteiger partial charge in [0.1, 0.15) is 11.2 Å². The molecule has 1 saturated carbocycles. The molecule has 0 N–H and O–H groups in total. The number of likely N-dealkylation sites (N-methyl/N-ethyl adjacent to an activating group) is 1. The highest BCUT2D eigenvalue weighted by Gasteiger charge is 2.31. The Labute approximate surface area is 204 Å². The van der Waals surface area contributed by atoms with Crippen LogP contribution in [0.1, 0.15) is 58.8 Å². The van der Waals surface area contributed by atoms with Gasteiger partial charge in [-0.3, -0.25) is 23.5 Å². The van der Waals surface area contributed by atoms with Crippen LogP contribution in [0.3, 0.4) is 0 Å². The molecule has 4 rings (SSSR count). The van der Waals surface area contributed by atoms with E-state index in [9.17, 15) is 19.2 Å². The quantitative estimate of drug-likeness (QED) is 0.600. The molecule has 186 valence electrons. The highest BCUT2D eigenvalue weighted by molar-refractivity contribution is 7.17. The van der Waals surface area contributed by atoms with E-state index < -0.39 is 5.69 Å². The summed E-state index contributed by atoms with van der Waals surface area (Å²) in [4.78, 5) is 55.9. The summed E-state index contributed by atoms with van der Waals surface area (Å²) < 4.78 is 3.30. The van der Waals surface area contributed by atoms with Crippen LogP contribution in [-0.4, -0.2) is 56.9 Å². The summed E-state index contributed by atoms with van der Waals surface area (Å²) in [6, 6.07) is 1.75. The van der Waals surface area contributed by atoms with Crippen molar-refractivity contribution in [2.75, 3.05) is 26.2 Å². The van der Waals surface area contributed by atoms with Gasteiger partial charge in [-0.05, 0) is 76.2 Å². The molecule has 0 unspecified atom stereocenters. The Morgan fingerprint density at radius 2 is 1.68 bits per heavy atom. The second-order valence-corrected chi connectivity index (χ2v) is 10.5. The van der Waals surface area contributed by atoms with Crippen molar-refractivity contribution >= 4 is 33.4 Å². The summed E-state index contributed by atoms with van der Waals surface area (Å²) in [5.41, 5.74) is -0.149. The van der Waals surface area contributed by atoms with Crippen molar-refractivity contribution in [1.29, 1.82) is 0 Å². The summed E-state index contributed by atoms with van der Waals surface area (Å²) >= 11 is 1.31. The highest BCUT2D eigenvalue weighted by Crippen LogP contribution is 2.31. The van der Waals surface area contributed by atoms with Crippen LogP contribution >= 0.6 is 11.3 Å². The third-order valence-corrected chi connectivity index (χ3v) is 8.44. The van der Waals surface area contributed by atoms with Crippen LogP contribution in [0, 0.1) is 11.8 Å². The van der Waals surface area contributed by atoms with E-state index in [1.54, 1.807) is 16.3 Å². The van der Waals surface area contributed by atoms with E-state index >= 15 is 0 Å². The van der Waals surface area contributed by atoms with Crippen LogP contribution < -0.4 is 11.2 Å². The summed E-state index contributed by atoms with van der Waals surface area (Å²) in [5, 5.41) is 1.80. The van der Waals surface area contributed by atoms with Crippen LogP contribution in [0.25, 0.3) is 10.2 Å². The zero-order valence-corrected chi connectivity index (χ0v) is 21.1. The molecule has 0 spiro atoms. The second kappa shape index (κ2) is 10.9. The molecular formula is C25H36N4O4S. The monoisotopic (exact) mass is 488 g/mol. The van der Waals surface area contributed by atoms with E-state index in [2.05, 4.69) is 0 Å². The predicted molar refractivity (Wildman–Crippen MR) is 134 cm³/mol. The maximum Gasteiger partial charge on any atom is 0.332 e. The molecule has 0 aromatic carbocycles. The number of carbonyl (C=O) groups is 2. The third-order valence-electron chi connectivity index (χ3n) is 7.55. The van der Waals surface area contributed by atoms with Crippen molar-refractivity contribution in [3.8, 4) is 0 Å². The largest absolute Gasteiger partial charge is 0.342 e. The molecule has 1 saturated heterocycles. The predicted octanol–water partition coefficient (Wildman–Crippen LogP) is 2.91. The van der Waals surface area contributed by atoms with Gasteiger partial charge in [0.15, 0.2) is 0 Å². The number of rotatable bonds is 7. The van der Waals surface area contributed by atoms with Gasteiger partial charge in [-0.2, -0.15) is 0 Å². The van der Waals surface area contributed by atoms with Crippen molar-refractivity contribution in [3.05, 3.63) is 32.3 Å². The maximum atomic E-state index is 13.4. The molecule has 2 aromatic rings. The lowest BCUT2D eigenvalue weighted by Gasteiger charge is -2.34. The molecule has 3 heterocycles. The van der Waals surface area contributed by atoms with Crippen molar-refractivity contribution in [2.45, 2.75) is 71.9 Å². The molecule has 1 aliphatic heterocycles. The van der Waals surface area contributed by atoms with Gasteiger partial charge in [-0.1, -0.05) is 0 Å². The van der Waals surface area contributed by atoms with E-state index in [1.807, 2.05) is 18.7 Å². The average molecular weight is 489 g/mol. The standard InChI is InChI=1S/C25H36N4O4S/c1-3-26(4-2)21(30)17-28-20-12-15-34-22(20)24(32)29(25(28)33)16-18-8-10-19(11-9-18)23(31)27-13-6-5-7-14-27/h12,15,18-19H,3-11,13-14,16-17H2,1-2H3. The fraction of sp³-hybridized carbons (Fsp3) is 0.680. The summed E-state index contributed by atoms with van der Waals surface area (Å²) in [6.07, 6.45) is 6.68. The van der Waals surface area contributed by atoms with Gasteiger partial charge >= 0.3 is 5.69 Å². The number of aromatic nitrogens is 2. The molecule has 2 aliphatic rings. The number of hydrogen-bond acceptors (Lipinski definition) is 5. The Hall–Kier alpha value is -2.42. The Balaban J connectivity index is 1.50. The smallest absolute Gasteiger partial charge is 0.332 e. The molecule has 2 aromatic heterocycles. The van der Waals surface area contributed by atoms with Gasteiger partial charge in [0, 0.05) is 38.6 Å². The summed E-state index contributed by atoms with van der Waals surface area (Å²) in [7, 11) is 0. The first-order chi connectivity index (χ1) is 16.4. The minimum absolute atomic E-state index is 0.0641. The van der Waals surface area contributed by atoms with Crippen molar-refractivity contribution < 1.29 is 9.59 Å². The Bertz CT molecular complexity index is 1130. The Morgan fingerprint density at radius 3 is 2.32 bits per heavy atom. The first kappa shape index (κ1) is 24.7. The molecule has 9 heteroatoms. The number of carbonyl (C=O) groups excluding carboxylic acids is 2.